The summed E-state index contributed by atoms with van der Waals surface area (Å²) in [6.07, 6.45) is 1.89. The summed E-state index contributed by atoms with van der Waals surface area (Å²) in [5, 5.41) is 6.86. The highest BCUT2D eigenvalue weighted by molar-refractivity contribution is 5.74. The van der Waals surface area contributed by atoms with Crippen molar-refractivity contribution in [1.82, 2.24) is 20.4 Å². The van der Waals surface area contributed by atoms with E-state index in [1.165, 1.54) is 0 Å². The second-order valence-electron chi connectivity index (χ2n) is 7.48. The minimum absolute atomic E-state index is 0.0653. The first-order valence-corrected chi connectivity index (χ1v) is 9.56. The first-order chi connectivity index (χ1) is 13.0. The molecule has 0 unspecified atom stereocenters. The average molecular weight is 372 g/mol. The van der Waals surface area contributed by atoms with Crippen LogP contribution < -0.4 is 10.1 Å². The van der Waals surface area contributed by atoms with Gasteiger partial charge in [0.1, 0.15) is 5.75 Å². The molecular formula is C20H28N4O3. The molecule has 7 nitrogen and oxygen atoms in total. The van der Waals surface area contributed by atoms with Crippen molar-refractivity contribution in [3.05, 3.63) is 41.5 Å². The van der Waals surface area contributed by atoms with Crippen LogP contribution in [0.1, 0.15) is 49.9 Å². The van der Waals surface area contributed by atoms with E-state index in [4.69, 9.17) is 9.26 Å². The van der Waals surface area contributed by atoms with E-state index in [1.807, 2.05) is 29.2 Å². The Bertz CT molecular complexity index is 759. The van der Waals surface area contributed by atoms with E-state index in [9.17, 15) is 4.79 Å². The van der Waals surface area contributed by atoms with Crippen LogP contribution in [0.2, 0.25) is 0 Å². The van der Waals surface area contributed by atoms with Gasteiger partial charge in [-0.25, -0.2) is 4.79 Å². The molecule has 1 aliphatic rings. The fourth-order valence-corrected chi connectivity index (χ4v) is 3.14. The van der Waals surface area contributed by atoms with Gasteiger partial charge in [0, 0.05) is 19.6 Å². The highest BCUT2D eigenvalue weighted by Gasteiger charge is 2.28. The molecule has 0 aliphatic carbocycles. The third-order valence-electron chi connectivity index (χ3n) is 4.53. The van der Waals surface area contributed by atoms with Gasteiger partial charge in [-0.05, 0) is 43.4 Å². The third-order valence-corrected chi connectivity index (χ3v) is 4.53. The number of benzene rings is 1. The van der Waals surface area contributed by atoms with Crippen molar-refractivity contribution in [3.63, 3.8) is 0 Å². The van der Waals surface area contributed by atoms with Gasteiger partial charge in [0.25, 0.3) is 0 Å². The second kappa shape index (κ2) is 8.88. The van der Waals surface area contributed by atoms with Gasteiger partial charge in [0.15, 0.2) is 5.82 Å². The Morgan fingerprint density at radius 1 is 1.44 bits per heavy atom. The van der Waals surface area contributed by atoms with Crippen LogP contribution in [0.15, 0.2) is 28.8 Å². The summed E-state index contributed by atoms with van der Waals surface area (Å²) < 4.78 is 11.0. The number of nitrogens with zero attached hydrogens (tertiary/aromatic N) is 3. The SMILES string of the molecule is Cc1noc([C@@H]2CCCN(C(=O)NCc3cccc(OCC(C)C)c3)C2)n1. The van der Waals surface area contributed by atoms with Crippen LogP contribution in [0, 0.1) is 12.8 Å². The van der Waals surface area contributed by atoms with Crippen molar-refractivity contribution in [3.8, 4) is 5.75 Å². The molecule has 0 radical (unpaired) electrons. The number of aryl methyl sites for hydroxylation is 1. The van der Waals surface area contributed by atoms with Crippen LogP contribution in [-0.4, -0.2) is 40.8 Å². The number of nitrogens with one attached hydrogen (secondary N) is 1. The highest BCUT2D eigenvalue weighted by Crippen LogP contribution is 2.25. The molecule has 3 rings (SSSR count). The number of ether oxygens (including phenoxy) is 1. The monoisotopic (exact) mass is 372 g/mol. The minimum atomic E-state index is -0.0653. The van der Waals surface area contributed by atoms with Crippen LogP contribution in [0.4, 0.5) is 4.79 Å². The lowest BCUT2D eigenvalue weighted by atomic mass is 9.98. The molecule has 1 aromatic heterocycles. The largest absolute Gasteiger partial charge is 0.493 e. The molecule has 2 aromatic rings. The van der Waals surface area contributed by atoms with Gasteiger partial charge in [-0.15, -0.1) is 0 Å². The standard InChI is InChI=1S/C20H28N4O3/c1-14(2)13-26-18-8-4-6-16(10-18)11-21-20(25)24-9-5-7-17(12-24)19-22-15(3)23-27-19/h4,6,8,10,14,17H,5,7,9,11-13H2,1-3H3,(H,21,25)/t17-/m1/s1. The van der Waals surface area contributed by atoms with Gasteiger partial charge in [0.05, 0.1) is 12.5 Å². The highest BCUT2D eigenvalue weighted by atomic mass is 16.5. The Morgan fingerprint density at radius 3 is 3.04 bits per heavy atom. The first kappa shape index (κ1) is 19.2. The normalized spacial score (nSPS) is 17.2. The Hall–Kier alpha value is -2.57. The van der Waals surface area contributed by atoms with Crippen molar-refractivity contribution in [1.29, 1.82) is 0 Å². The molecule has 1 saturated heterocycles. The molecule has 27 heavy (non-hydrogen) atoms. The van der Waals surface area contributed by atoms with Gasteiger partial charge < -0.3 is 19.5 Å². The van der Waals surface area contributed by atoms with Gasteiger partial charge in [-0.1, -0.05) is 31.1 Å². The van der Waals surface area contributed by atoms with Crippen LogP contribution in [0.3, 0.4) is 0 Å². The van der Waals surface area contributed by atoms with Crippen molar-refractivity contribution in [2.75, 3.05) is 19.7 Å². The van der Waals surface area contributed by atoms with E-state index in [-0.39, 0.29) is 11.9 Å². The van der Waals surface area contributed by atoms with Gasteiger partial charge in [-0.3, -0.25) is 0 Å². The van der Waals surface area contributed by atoms with Crippen LogP contribution >= 0.6 is 0 Å². The van der Waals surface area contributed by atoms with Crippen LogP contribution in [0.5, 0.6) is 5.75 Å². The van der Waals surface area contributed by atoms with Crippen molar-refractivity contribution < 1.29 is 14.1 Å². The van der Waals surface area contributed by atoms with E-state index in [2.05, 4.69) is 29.3 Å². The molecular weight excluding hydrogens is 344 g/mol. The molecule has 0 saturated carbocycles. The molecule has 7 heteroatoms. The number of carbonyl (C=O) groups excluding carboxylic acids is 1. The quantitative estimate of drug-likeness (QED) is 0.839. The lowest BCUT2D eigenvalue weighted by Gasteiger charge is -2.31. The maximum absolute atomic E-state index is 12.6. The van der Waals surface area contributed by atoms with Gasteiger partial charge in [-0.2, -0.15) is 4.98 Å². The smallest absolute Gasteiger partial charge is 0.317 e. The fourth-order valence-electron chi connectivity index (χ4n) is 3.14. The fraction of sp³-hybridized carbons (Fsp3) is 0.550. The zero-order valence-corrected chi connectivity index (χ0v) is 16.3. The van der Waals surface area contributed by atoms with E-state index < -0.39 is 0 Å². The van der Waals surface area contributed by atoms with Gasteiger partial charge >= 0.3 is 6.03 Å². The molecule has 2 heterocycles. The molecule has 2 amide bonds. The summed E-state index contributed by atoms with van der Waals surface area (Å²) >= 11 is 0. The predicted molar refractivity (Wildman–Crippen MR) is 102 cm³/mol. The first-order valence-electron chi connectivity index (χ1n) is 9.56. The van der Waals surface area contributed by atoms with Crippen molar-refractivity contribution >= 4 is 6.03 Å². The number of amides is 2. The van der Waals surface area contributed by atoms with Crippen LogP contribution in [0.25, 0.3) is 0 Å². The summed E-state index contributed by atoms with van der Waals surface area (Å²) in [7, 11) is 0. The summed E-state index contributed by atoms with van der Waals surface area (Å²) in [5.41, 5.74) is 1.02. The number of likely N-dealkylation sites (tertiary alicyclic amines) is 1. The molecule has 1 aromatic carbocycles. The van der Waals surface area contributed by atoms with Gasteiger partial charge in [0.2, 0.25) is 5.89 Å². The van der Waals surface area contributed by atoms with Crippen molar-refractivity contribution in [2.45, 2.75) is 46.1 Å². The van der Waals surface area contributed by atoms with E-state index in [1.54, 1.807) is 6.92 Å². The number of hydrogen-bond donors (Lipinski definition) is 1. The number of piperidine rings is 1. The molecule has 1 fully saturated rings. The molecule has 1 atom stereocenters. The molecule has 0 spiro atoms. The summed E-state index contributed by atoms with van der Waals surface area (Å²) in [6, 6.07) is 7.79. The van der Waals surface area contributed by atoms with E-state index >= 15 is 0 Å². The van der Waals surface area contributed by atoms with Crippen LogP contribution in [-0.2, 0) is 6.54 Å². The predicted octanol–water partition coefficient (Wildman–Crippen LogP) is 3.50. The lowest BCUT2D eigenvalue weighted by molar-refractivity contribution is 0.171. The van der Waals surface area contributed by atoms with E-state index in [0.29, 0.717) is 37.3 Å². The number of urea groups is 1. The summed E-state index contributed by atoms with van der Waals surface area (Å²) in [5.74, 6) is 2.67. The molecule has 0 bridgehead atoms. The number of hydrogen-bond acceptors (Lipinski definition) is 5. The Morgan fingerprint density at radius 2 is 2.30 bits per heavy atom. The molecule has 1 N–H and O–H groups in total. The Balaban J connectivity index is 1.52. The number of rotatable bonds is 6. The number of carbonyl (C=O) groups is 1. The topological polar surface area (TPSA) is 80.5 Å². The third kappa shape index (κ3) is 5.45. The summed E-state index contributed by atoms with van der Waals surface area (Å²) in [6.45, 7) is 8.53. The lowest BCUT2D eigenvalue weighted by Crippen LogP contribution is -2.44. The maximum Gasteiger partial charge on any atom is 0.317 e. The second-order valence-corrected chi connectivity index (χ2v) is 7.48. The zero-order valence-electron chi connectivity index (χ0n) is 16.3. The zero-order chi connectivity index (χ0) is 19.2. The Labute approximate surface area is 160 Å². The van der Waals surface area contributed by atoms with E-state index in [0.717, 1.165) is 30.7 Å². The average Bonchev–Trinajstić information content (AvgIpc) is 3.11. The maximum atomic E-state index is 12.6. The molecule has 146 valence electrons. The summed E-state index contributed by atoms with van der Waals surface area (Å²) in [4.78, 5) is 18.7. The Kier molecular flexibility index (Phi) is 6.32. The van der Waals surface area contributed by atoms with Crippen molar-refractivity contribution in [2.24, 2.45) is 5.92 Å². The number of aromatic nitrogens is 2. The molecule has 1 aliphatic heterocycles. The minimum Gasteiger partial charge on any atom is -0.493 e.